The molecule has 0 saturated carbocycles. The Bertz CT molecular complexity index is 386. The fraction of sp³-hybridized carbons (Fsp3) is 0.643. The Morgan fingerprint density at radius 3 is 2.44 bits per heavy atom. The molecule has 3 nitrogen and oxygen atoms in total. The van der Waals surface area contributed by atoms with E-state index in [4.69, 9.17) is 21.1 Å². The molecule has 0 aliphatic carbocycles. The van der Waals surface area contributed by atoms with Crippen molar-refractivity contribution in [3.63, 3.8) is 0 Å². The van der Waals surface area contributed by atoms with Gasteiger partial charge in [0.05, 0.1) is 19.4 Å². The fourth-order valence-electron chi connectivity index (χ4n) is 1.14. The second-order valence-corrected chi connectivity index (χ2v) is 6.42. The van der Waals surface area contributed by atoms with Crippen LogP contribution in [0.2, 0.25) is 5.02 Å². The van der Waals surface area contributed by atoms with Crippen LogP contribution in [0.25, 0.3) is 0 Å². The molecule has 0 fully saturated rings. The van der Waals surface area contributed by atoms with Crippen LogP contribution in [0.5, 0.6) is 11.6 Å². The van der Waals surface area contributed by atoms with Crippen LogP contribution in [0, 0.1) is 11.3 Å². The van der Waals surface area contributed by atoms with Crippen LogP contribution in [0.1, 0.15) is 34.6 Å². The van der Waals surface area contributed by atoms with Crippen molar-refractivity contribution < 1.29 is 9.47 Å². The summed E-state index contributed by atoms with van der Waals surface area (Å²) in [6.45, 7) is 11.7. The summed E-state index contributed by atoms with van der Waals surface area (Å²) < 4.78 is 11.1. The first kappa shape index (κ1) is 15.1. The molecule has 4 heteroatoms. The van der Waals surface area contributed by atoms with Crippen LogP contribution in [0.4, 0.5) is 0 Å². The topological polar surface area (TPSA) is 31.4 Å². The van der Waals surface area contributed by atoms with Gasteiger partial charge in [-0.3, -0.25) is 0 Å². The van der Waals surface area contributed by atoms with Crippen molar-refractivity contribution in [3.8, 4) is 11.6 Å². The summed E-state index contributed by atoms with van der Waals surface area (Å²) in [6, 6.07) is 1.75. The van der Waals surface area contributed by atoms with E-state index in [9.17, 15) is 0 Å². The van der Waals surface area contributed by atoms with Crippen LogP contribution >= 0.6 is 11.6 Å². The average Bonchev–Trinajstić information content (AvgIpc) is 2.24. The molecule has 0 aliphatic rings. The Labute approximate surface area is 114 Å². The number of ether oxygens (including phenoxy) is 2. The third-order valence-corrected chi connectivity index (χ3v) is 2.28. The SMILES string of the molecule is CC(C)COc1ncc(OCC(C)(C)C)cc1Cl. The zero-order valence-corrected chi connectivity index (χ0v) is 12.5. The predicted molar refractivity (Wildman–Crippen MR) is 74.5 cm³/mol. The highest BCUT2D eigenvalue weighted by molar-refractivity contribution is 6.31. The largest absolute Gasteiger partial charge is 0.491 e. The highest BCUT2D eigenvalue weighted by Gasteiger charge is 2.12. The van der Waals surface area contributed by atoms with Crippen LogP contribution < -0.4 is 9.47 Å². The molecule has 18 heavy (non-hydrogen) atoms. The van der Waals surface area contributed by atoms with Gasteiger partial charge < -0.3 is 9.47 Å². The van der Waals surface area contributed by atoms with Gasteiger partial charge in [0, 0.05) is 6.07 Å². The summed E-state index contributed by atoms with van der Waals surface area (Å²) in [5, 5.41) is 0.488. The first-order chi connectivity index (χ1) is 8.28. The molecular weight excluding hydrogens is 250 g/mol. The molecule has 0 spiro atoms. The van der Waals surface area contributed by atoms with E-state index in [0.29, 0.717) is 35.8 Å². The molecule has 102 valence electrons. The molecule has 0 bridgehead atoms. The van der Waals surface area contributed by atoms with Gasteiger partial charge >= 0.3 is 0 Å². The number of aromatic nitrogens is 1. The zero-order valence-electron chi connectivity index (χ0n) is 11.8. The second-order valence-electron chi connectivity index (χ2n) is 6.01. The van der Waals surface area contributed by atoms with Gasteiger partial charge in [0.2, 0.25) is 5.88 Å². The van der Waals surface area contributed by atoms with Crippen LogP contribution in [0.15, 0.2) is 12.3 Å². The molecule has 0 saturated heterocycles. The molecule has 1 rings (SSSR count). The maximum Gasteiger partial charge on any atom is 0.232 e. The molecule has 0 aliphatic heterocycles. The standard InChI is InChI=1S/C14H22ClNO2/c1-10(2)8-17-13-12(15)6-11(7-16-13)18-9-14(3,4)5/h6-7,10H,8-9H2,1-5H3. The molecule has 0 aromatic carbocycles. The summed E-state index contributed by atoms with van der Waals surface area (Å²) in [6.07, 6.45) is 1.65. The van der Waals surface area contributed by atoms with E-state index >= 15 is 0 Å². The van der Waals surface area contributed by atoms with Crippen molar-refractivity contribution in [1.82, 2.24) is 4.98 Å². The Kier molecular flexibility index (Phi) is 5.27. The third kappa shape index (κ3) is 5.58. The van der Waals surface area contributed by atoms with Crippen molar-refractivity contribution in [3.05, 3.63) is 17.3 Å². The molecule has 1 heterocycles. The predicted octanol–water partition coefficient (Wildman–Crippen LogP) is 4.19. The van der Waals surface area contributed by atoms with Gasteiger partial charge in [-0.1, -0.05) is 46.2 Å². The van der Waals surface area contributed by atoms with E-state index in [2.05, 4.69) is 39.6 Å². The second kappa shape index (κ2) is 6.28. The van der Waals surface area contributed by atoms with Crippen LogP contribution in [-0.4, -0.2) is 18.2 Å². The highest BCUT2D eigenvalue weighted by Crippen LogP contribution is 2.27. The van der Waals surface area contributed by atoms with Crippen molar-refractivity contribution in [2.45, 2.75) is 34.6 Å². The van der Waals surface area contributed by atoms with E-state index in [1.54, 1.807) is 12.3 Å². The van der Waals surface area contributed by atoms with Gasteiger partial charge in [0.25, 0.3) is 0 Å². The lowest BCUT2D eigenvalue weighted by molar-refractivity contribution is 0.196. The first-order valence-electron chi connectivity index (χ1n) is 6.19. The number of hydrogen-bond acceptors (Lipinski definition) is 3. The minimum absolute atomic E-state index is 0.110. The monoisotopic (exact) mass is 271 g/mol. The molecule has 0 radical (unpaired) electrons. The van der Waals surface area contributed by atoms with Gasteiger partial charge in [-0.2, -0.15) is 0 Å². The van der Waals surface area contributed by atoms with Gasteiger partial charge in [0.1, 0.15) is 10.8 Å². The van der Waals surface area contributed by atoms with E-state index in [-0.39, 0.29) is 5.41 Å². The summed E-state index contributed by atoms with van der Waals surface area (Å²) in [5.74, 6) is 1.58. The molecule has 1 aromatic heterocycles. The van der Waals surface area contributed by atoms with Crippen molar-refractivity contribution in [1.29, 1.82) is 0 Å². The van der Waals surface area contributed by atoms with Crippen molar-refractivity contribution in [2.24, 2.45) is 11.3 Å². The van der Waals surface area contributed by atoms with E-state index in [0.717, 1.165) is 0 Å². The normalized spacial score (nSPS) is 11.7. The molecule has 0 amide bonds. The fourth-order valence-corrected chi connectivity index (χ4v) is 1.35. The molecule has 0 atom stereocenters. The van der Waals surface area contributed by atoms with Crippen molar-refractivity contribution >= 4 is 11.6 Å². The zero-order chi connectivity index (χ0) is 13.8. The Balaban J connectivity index is 2.62. The lowest BCUT2D eigenvalue weighted by Gasteiger charge is -2.19. The maximum atomic E-state index is 6.10. The maximum absolute atomic E-state index is 6.10. The quantitative estimate of drug-likeness (QED) is 0.804. The smallest absolute Gasteiger partial charge is 0.232 e. The van der Waals surface area contributed by atoms with E-state index in [1.807, 2.05) is 0 Å². The molecule has 1 aromatic rings. The van der Waals surface area contributed by atoms with Gasteiger partial charge in [-0.15, -0.1) is 0 Å². The van der Waals surface area contributed by atoms with E-state index in [1.165, 1.54) is 0 Å². The average molecular weight is 272 g/mol. The molecule has 0 N–H and O–H groups in total. The third-order valence-electron chi connectivity index (χ3n) is 2.01. The van der Waals surface area contributed by atoms with Gasteiger partial charge in [0.15, 0.2) is 0 Å². The molecular formula is C14H22ClNO2. The highest BCUT2D eigenvalue weighted by atomic mass is 35.5. The Morgan fingerprint density at radius 1 is 1.28 bits per heavy atom. The van der Waals surface area contributed by atoms with Crippen LogP contribution in [-0.2, 0) is 0 Å². The summed E-state index contributed by atoms with van der Waals surface area (Å²) >= 11 is 6.10. The van der Waals surface area contributed by atoms with Gasteiger partial charge in [-0.05, 0) is 11.3 Å². The van der Waals surface area contributed by atoms with E-state index < -0.39 is 0 Å². The minimum Gasteiger partial charge on any atom is -0.491 e. The number of halogens is 1. The Morgan fingerprint density at radius 2 is 1.94 bits per heavy atom. The number of hydrogen-bond donors (Lipinski definition) is 0. The van der Waals surface area contributed by atoms with Crippen LogP contribution in [0.3, 0.4) is 0 Å². The molecule has 0 unspecified atom stereocenters. The number of nitrogens with zero attached hydrogens (tertiary/aromatic N) is 1. The van der Waals surface area contributed by atoms with Crippen molar-refractivity contribution in [2.75, 3.05) is 13.2 Å². The lowest BCUT2D eigenvalue weighted by atomic mass is 9.99. The summed E-state index contributed by atoms with van der Waals surface area (Å²) in [4.78, 5) is 4.17. The Hall–Kier alpha value is -0.960. The summed E-state index contributed by atoms with van der Waals surface area (Å²) in [5.41, 5.74) is 0.110. The minimum atomic E-state index is 0.110. The van der Waals surface area contributed by atoms with Gasteiger partial charge in [-0.25, -0.2) is 4.98 Å². The number of pyridine rings is 1. The number of rotatable bonds is 5. The summed E-state index contributed by atoms with van der Waals surface area (Å²) in [7, 11) is 0. The lowest BCUT2D eigenvalue weighted by Crippen LogP contribution is -2.17. The first-order valence-corrected chi connectivity index (χ1v) is 6.57.